The van der Waals surface area contributed by atoms with Crippen molar-refractivity contribution in [1.29, 1.82) is 0 Å². The SMILES string of the molecule is CCSC1=CC2C(CC=CC(=O)OC)C(=O)N2[C@@H]1C(=O)OCC(=O)c1ccc(Br)cc1. The van der Waals surface area contributed by atoms with E-state index in [1.807, 2.05) is 13.0 Å². The van der Waals surface area contributed by atoms with Crippen LogP contribution in [0.1, 0.15) is 23.7 Å². The number of Topliss-reactive ketones (excluding diaryl/α,β-unsaturated/α-hetero) is 1. The molecule has 0 bridgehead atoms. The molecule has 0 spiro atoms. The molecule has 31 heavy (non-hydrogen) atoms. The standard InChI is InChI=1S/C22H22BrNO6S/c1-3-31-18-11-16-15(5-4-6-19(26)29-2)21(27)24(16)20(18)22(28)30-12-17(25)13-7-9-14(23)10-8-13/h4,6-11,15-16,20H,3,5,12H2,1-2H3/t15?,16?,20-/m0/s1. The first-order chi connectivity index (χ1) is 14.9. The summed E-state index contributed by atoms with van der Waals surface area (Å²) in [5.74, 6) is -1.19. The molecule has 7 nitrogen and oxygen atoms in total. The quantitative estimate of drug-likeness (QED) is 0.219. The van der Waals surface area contributed by atoms with Gasteiger partial charge >= 0.3 is 11.9 Å². The highest BCUT2D eigenvalue weighted by molar-refractivity contribution is 9.10. The second-order valence-electron chi connectivity index (χ2n) is 6.95. The fourth-order valence-corrected chi connectivity index (χ4v) is 4.77. The lowest BCUT2D eigenvalue weighted by molar-refractivity contribution is -0.164. The highest BCUT2D eigenvalue weighted by Gasteiger charge is 2.55. The number of hydrogen-bond donors (Lipinski definition) is 0. The van der Waals surface area contributed by atoms with Crippen LogP contribution in [-0.2, 0) is 23.9 Å². The predicted molar refractivity (Wildman–Crippen MR) is 119 cm³/mol. The van der Waals surface area contributed by atoms with E-state index in [4.69, 9.17) is 4.74 Å². The van der Waals surface area contributed by atoms with E-state index < -0.39 is 18.0 Å². The number of β-lactam (4-membered cyclic amide) rings is 1. The predicted octanol–water partition coefficient (Wildman–Crippen LogP) is 3.14. The van der Waals surface area contributed by atoms with E-state index in [1.165, 1.54) is 29.8 Å². The van der Waals surface area contributed by atoms with Gasteiger partial charge in [0.1, 0.15) is 0 Å². The van der Waals surface area contributed by atoms with Gasteiger partial charge in [0.25, 0.3) is 0 Å². The van der Waals surface area contributed by atoms with Crippen molar-refractivity contribution in [3.63, 3.8) is 0 Å². The van der Waals surface area contributed by atoms with Crippen LogP contribution in [0.5, 0.6) is 0 Å². The molecule has 2 unspecified atom stereocenters. The Morgan fingerprint density at radius 3 is 2.58 bits per heavy atom. The van der Waals surface area contributed by atoms with Crippen LogP contribution in [0.4, 0.5) is 0 Å². The third-order valence-corrected chi connectivity index (χ3v) is 6.59. The van der Waals surface area contributed by atoms with Gasteiger partial charge in [-0.2, -0.15) is 0 Å². The van der Waals surface area contributed by atoms with E-state index in [2.05, 4.69) is 20.7 Å². The average Bonchev–Trinajstić information content (AvgIpc) is 3.10. The van der Waals surface area contributed by atoms with Crippen LogP contribution in [0, 0.1) is 5.92 Å². The summed E-state index contributed by atoms with van der Waals surface area (Å²) in [5.41, 5.74) is 0.441. The van der Waals surface area contributed by atoms with Crippen LogP contribution in [-0.4, -0.2) is 60.1 Å². The fraction of sp³-hybridized carbons (Fsp3) is 0.364. The molecule has 0 aliphatic carbocycles. The van der Waals surface area contributed by atoms with Gasteiger partial charge in [-0.3, -0.25) is 9.59 Å². The minimum atomic E-state index is -0.832. The number of amides is 1. The molecule has 1 aromatic carbocycles. The number of halogens is 1. The summed E-state index contributed by atoms with van der Waals surface area (Å²) >= 11 is 4.78. The van der Waals surface area contributed by atoms with Gasteiger partial charge in [0.15, 0.2) is 18.4 Å². The number of fused-ring (bicyclic) bond motifs is 1. The van der Waals surface area contributed by atoms with E-state index in [0.29, 0.717) is 12.0 Å². The van der Waals surface area contributed by atoms with Crippen molar-refractivity contribution in [3.05, 3.63) is 57.4 Å². The van der Waals surface area contributed by atoms with Crippen LogP contribution < -0.4 is 0 Å². The molecule has 2 aliphatic rings. The van der Waals surface area contributed by atoms with Gasteiger partial charge in [0, 0.05) is 21.0 Å². The van der Waals surface area contributed by atoms with E-state index >= 15 is 0 Å². The highest BCUT2D eigenvalue weighted by atomic mass is 79.9. The highest BCUT2D eigenvalue weighted by Crippen LogP contribution is 2.44. The number of ether oxygens (including phenoxy) is 2. The zero-order chi connectivity index (χ0) is 22.5. The van der Waals surface area contributed by atoms with Crippen molar-refractivity contribution >= 4 is 51.3 Å². The van der Waals surface area contributed by atoms with Crippen molar-refractivity contribution in [1.82, 2.24) is 4.90 Å². The Hall–Kier alpha value is -2.39. The maximum atomic E-state index is 12.8. The summed E-state index contributed by atoms with van der Waals surface area (Å²) in [5, 5.41) is 0. The Kier molecular flexibility index (Phi) is 7.72. The molecule has 164 valence electrons. The normalized spacial score (nSPS) is 22.0. The topological polar surface area (TPSA) is 90.0 Å². The van der Waals surface area contributed by atoms with Gasteiger partial charge in [-0.25, -0.2) is 9.59 Å². The van der Waals surface area contributed by atoms with Gasteiger partial charge in [0.2, 0.25) is 5.91 Å². The lowest BCUT2D eigenvalue weighted by atomic mass is 9.86. The molecule has 0 N–H and O–H groups in total. The lowest BCUT2D eigenvalue weighted by Gasteiger charge is -2.44. The Morgan fingerprint density at radius 1 is 1.23 bits per heavy atom. The summed E-state index contributed by atoms with van der Waals surface area (Å²) in [7, 11) is 1.29. The van der Waals surface area contributed by atoms with Gasteiger partial charge in [0.05, 0.1) is 19.1 Å². The molecule has 3 rings (SSSR count). The number of hydrogen-bond acceptors (Lipinski definition) is 7. The second-order valence-corrected chi connectivity index (χ2v) is 9.20. The monoisotopic (exact) mass is 507 g/mol. The second kappa shape index (κ2) is 10.3. The van der Waals surface area contributed by atoms with Crippen molar-refractivity contribution in [2.75, 3.05) is 19.5 Å². The van der Waals surface area contributed by atoms with E-state index in [-0.39, 0.29) is 30.3 Å². The maximum Gasteiger partial charge on any atom is 0.334 e. The first-order valence-electron chi connectivity index (χ1n) is 9.74. The molecule has 2 heterocycles. The van der Waals surface area contributed by atoms with Crippen molar-refractivity contribution < 1.29 is 28.7 Å². The van der Waals surface area contributed by atoms with Crippen molar-refractivity contribution in [2.45, 2.75) is 25.4 Å². The number of benzene rings is 1. The summed E-state index contributed by atoms with van der Waals surface area (Å²) in [4.78, 5) is 51.3. The van der Waals surface area contributed by atoms with Crippen LogP contribution in [0.15, 0.2) is 51.9 Å². The molecule has 0 saturated carbocycles. The summed E-state index contributed by atoms with van der Waals surface area (Å²) in [6.45, 7) is 1.57. The fourth-order valence-electron chi connectivity index (χ4n) is 3.57. The zero-order valence-corrected chi connectivity index (χ0v) is 19.5. The number of methoxy groups -OCH3 is 1. The molecule has 1 aromatic rings. The van der Waals surface area contributed by atoms with Crippen molar-refractivity contribution in [3.8, 4) is 0 Å². The number of carbonyl (C=O) groups is 4. The largest absolute Gasteiger partial charge is 0.466 e. The van der Waals surface area contributed by atoms with Crippen molar-refractivity contribution in [2.24, 2.45) is 5.92 Å². The van der Waals surface area contributed by atoms with E-state index in [9.17, 15) is 19.2 Å². The molecule has 9 heteroatoms. The molecule has 1 fully saturated rings. The molecule has 3 atom stereocenters. The average molecular weight is 508 g/mol. The Morgan fingerprint density at radius 2 is 1.94 bits per heavy atom. The number of allylic oxidation sites excluding steroid dienone is 1. The third-order valence-electron chi connectivity index (χ3n) is 5.08. The Balaban J connectivity index is 1.64. The van der Waals surface area contributed by atoms with E-state index in [1.54, 1.807) is 30.3 Å². The van der Waals surface area contributed by atoms with Crippen LogP contribution >= 0.6 is 27.7 Å². The molecular formula is C22H22BrNO6S. The van der Waals surface area contributed by atoms with Crippen LogP contribution in [0.3, 0.4) is 0 Å². The number of esters is 2. The van der Waals surface area contributed by atoms with Gasteiger partial charge in [-0.05, 0) is 30.4 Å². The van der Waals surface area contributed by atoms with E-state index in [0.717, 1.165) is 15.1 Å². The zero-order valence-electron chi connectivity index (χ0n) is 17.1. The van der Waals surface area contributed by atoms with Gasteiger partial charge in [-0.1, -0.05) is 41.1 Å². The summed E-state index contributed by atoms with van der Waals surface area (Å²) < 4.78 is 10.7. The first kappa shape index (κ1) is 23.3. The Bertz CT molecular complexity index is 942. The van der Waals surface area contributed by atoms with Crippen LogP contribution in [0.2, 0.25) is 0 Å². The molecule has 0 radical (unpaired) electrons. The van der Waals surface area contributed by atoms with Crippen LogP contribution in [0.25, 0.3) is 0 Å². The number of ketones is 1. The van der Waals surface area contributed by atoms with Gasteiger partial charge < -0.3 is 14.4 Å². The minimum Gasteiger partial charge on any atom is -0.466 e. The molecule has 1 amide bonds. The maximum absolute atomic E-state index is 12.8. The minimum absolute atomic E-state index is 0.177. The number of carbonyl (C=O) groups excluding carboxylic acids is 4. The third kappa shape index (κ3) is 5.10. The summed E-state index contributed by atoms with van der Waals surface area (Å²) in [6.07, 6.45) is 5.18. The molecular weight excluding hydrogens is 486 g/mol. The Labute approximate surface area is 193 Å². The summed E-state index contributed by atoms with van der Waals surface area (Å²) in [6, 6.07) is 5.71. The number of thioether (sulfide) groups is 1. The molecule has 0 aromatic heterocycles. The number of nitrogens with zero attached hydrogens (tertiary/aromatic N) is 1. The number of rotatable bonds is 9. The molecule has 1 saturated heterocycles. The van der Waals surface area contributed by atoms with Gasteiger partial charge in [-0.15, -0.1) is 11.8 Å². The smallest absolute Gasteiger partial charge is 0.334 e. The lowest BCUT2D eigenvalue weighted by Crippen LogP contribution is -2.62. The first-order valence-corrected chi connectivity index (χ1v) is 11.5. The molecule has 2 aliphatic heterocycles.